The van der Waals surface area contributed by atoms with E-state index in [9.17, 15) is 0 Å². The third kappa shape index (κ3) is 3.35. The van der Waals surface area contributed by atoms with Crippen LogP contribution in [-0.4, -0.2) is 24.5 Å². The Morgan fingerprint density at radius 1 is 1.25 bits per heavy atom. The van der Waals surface area contributed by atoms with Crippen LogP contribution in [0.5, 0.6) is 0 Å². The lowest BCUT2D eigenvalue weighted by atomic mass is 9.92. The molecule has 2 aliphatic rings. The summed E-state index contributed by atoms with van der Waals surface area (Å²) in [5.41, 5.74) is 4.39. The van der Waals surface area contributed by atoms with Crippen LogP contribution in [-0.2, 0) is 13.0 Å². The molecule has 1 fully saturated rings. The van der Waals surface area contributed by atoms with Gasteiger partial charge < -0.3 is 5.32 Å². The summed E-state index contributed by atoms with van der Waals surface area (Å²) in [5.74, 6) is 0.990. The van der Waals surface area contributed by atoms with E-state index in [0.717, 1.165) is 19.0 Å². The number of nitrogens with zero attached hydrogens (tertiary/aromatic N) is 1. The van der Waals surface area contributed by atoms with Crippen LogP contribution in [0.2, 0.25) is 0 Å². The van der Waals surface area contributed by atoms with Crippen molar-refractivity contribution in [3.8, 4) is 0 Å². The number of fused-ring (bicyclic) bond motifs is 1. The maximum absolute atomic E-state index is 3.50. The largest absolute Gasteiger partial charge is 0.385 e. The monoisotopic (exact) mass is 272 g/mol. The summed E-state index contributed by atoms with van der Waals surface area (Å²) >= 11 is 0. The molecule has 1 aromatic carbocycles. The van der Waals surface area contributed by atoms with Crippen LogP contribution in [0.1, 0.15) is 50.2 Å². The Morgan fingerprint density at radius 3 is 2.90 bits per heavy atom. The zero-order valence-electron chi connectivity index (χ0n) is 12.8. The first-order valence-electron chi connectivity index (χ1n) is 8.43. The van der Waals surface area contributed by atoms with E-state index in [4.69, 9.17) is 0 Å². The molecule has 0 saturated carbocycles. The molecule has 0 amide bonds. The van der Waals surface area contributed by atoms with E-state index in [2.05, 4.69) is 35.3 Å². The molecule has 2 nitrogen and oxygen atoms in total. The predicted molar refractivity (Wildman–Crippen MR) is 86.2 cm³/mol. The Morgan fingerprint density at radius 2 is 2.10 bits per heavy atom. The molecule has 0 atom stereocenters. The van der Waals surface area contributed by atoms with Crippen molar-refractivity contribution >= 4 is 5.69 Å². The van der Waals surface area contributed by atoms with Gasteiger partial charge in [0.05, 0.1) is 0 Å². The van der Waals surface area contributed by atoms with Gasteiger partial charge in [-0.1, -0.05) is 31.9 Å². The Kier molecular flexibility index (Phi) is 4.62. The molecule has 0 aromatic heterocycles. The Balaban J connectivity index is 1.56. The summed E-state index contributed by atoms with van der Waals surface area (Å²) < 4.78 is 0. The van der Waals surface area contributed by atoms with Gasteiger partial charge in [0.15, 0.2) is 0 Å². The van der Waals surface area contributed by atoms with Crippen molar-refractivity contribution in [1.82, 2.24) is 4.90 Å². The van der Waals surface area contributed by atoms with Crippen molar-refractivity contribution in [3.05, 3.63) is 29.3 Å². The van der Waals surface area contributed by atoms with Crippen LogP contribution in [0.3, 0.4) is 0 Å². The average Bonchev–Trinajstić information content (AvgIpc) is 2.49. The van der Waals surface area contributed by atoms with Crippen LogP contribution < -0.4 is 5.32 Å². The first kappa shape index (κ1) is 13.9. The second-order valence-corrected chi connectivity index (χ2v) is 6.53. The molecule has 1 saturated heterocycles. The molecule has 2 aliphatic heterocycles. The van der Waals surface area contributed by atoms with Crippen molar-refractivity contribution in [2.45, 2.75) is 52.0 Å². The number of hydrogen-bond acceptors (Lipinski definition) is 2. The molecule has 2 heterocycles. The highest BCUT2D eigenvalue weighted by molar-refractivity contribution is 5.54. The third-order valence-electron chi connectivity index (χ3n) is 4.92. The highest BCUT2D eigenvalue weighted by atomic mass is 15.1. The second kappa shape index (κ2) is 6.62. The van der Waals surface area contributed by atoms with Crippen LogP contribution in [0.15, 0.2) is 18.2 Å². The Hall–Kier alpha value is -1.02. The van der Waals surface area contributed by atoms with E-state index in [0.29, 0.717) is 0 Å². The Bertz CT molecular complexity index is 433. The first-order valence-corrected chi connectivity index (χ1v) is 8.43. The van der Waals surface area contributed by atoms with Crippen molar-refractivity contribution in [1.29, 1.82) is 0 Å². The van der Waals surface area contributed by atoms with E-state index in [-0.39, 0.29) is 0 Å². The number of likely N-dealkylation sites (tertiary alicyclic amines) is 1. The molecule has 110 valence electrons. The van der Waals surface area contributed by atoms with E-state index < -0.39 is 0 Å². The smallest absolute Gasteiger partial charge is 0.0372 e. The van der Waals surface area contributed by atoms with Crippen LogP contribution in [0.25, 0.3) is 0 Å². The van der Waals surface area contributed by atoms with Crippen molar-refractivity contribution in [3.63, 3.8) is 0 Å². The highest BCUT2D eigenvalue weighted by Gasteiger charge is 2.19. The predicted octanol–water partition coefficient (Wildman–Crippen LogP) is 4.06. The summed E-state index contributed by atoms with van der Waals surface area (Å²) in [6.45, 7) is 7.18. The standard InChI is InChI=1S/C18H28N2/c1-2-4-15-8-11-20(12-9-15)14-16-6-7-18-17(13-16)5-3-10-19-18/h6-7,13,15,19H,2-5,8-12,14H2,1H3. The first-order chi connectivity index (χ1) is 9.85. The maximum Gasteiger partial charge on any atom is 0.0372 e. The van der Waals surface area contributed by atoms with Gasteiger partial charge in [0.1, 0.15) is 0 Å². The van der Waals surface area contributed by atoms with E-state index in [1.54, 1.807) is 0 Å². The highest BCUT2D eigenvalue weighted by Crippen LogP contribution is 2.26. The fourth-order valence-electron chi connectivity index (χ4n) is 3.73. The SMILES string of the molecule is CCCC1CCN(Cc2ccc3c(c2)CCCN3)CC1. The molecular formula is C18H28N2. The molecule has 2 heteroatoms. The number of piperidine rings is 1. The lowest BCUT2D eigenvalue weighted by molar-refractivity contribution is 0.172. The number of benzene rings is 1. The molecule has 0 spiro atoms. The molecule has 0 unspecified atom stereocenters. The number of rotatable bonds is 4. The lowest BCUT2D eigenvalue weighted by Gasteiger charge is -2.32. The van der Waals surface area contributed by atoms with Crippen LogP contribution in [0, 0.1) is 5.92 Å². The number of anilines is 1. The molecule has 20 heavy (non-hydrogen) atoms. The van der Waals surface area contributed by atoms with Gasteiger partial charge in [-0.3, -0.25) is 4.90 Å². The number of hydrogen-bond donors (Lipinski definition) is 1. The van der Waals surface area contributed by atoms with Crippen molar-refractivity contribution < 1.29 is 0 Å². The zero-order valence-corrected chi connectivity index (χ0v) is 12.8. The van der Waals surface area contributed by atoms with E-state index in [1.165, 1.54) is 68.4 Å². The summed E-state index contributed by atoms with van der Waals surface area (Å²) in [5, 5.41) is 3.50. The van der Waals surface area contributed by atoms with Gasteiger partial charge in [0.2, 0.25) is 0 Å². The van der Waals surface area contributed by atoms with Gasteiger partial charge >= 0.3 is 0 Å². The van der Waals surface area contributed by atoms with Gasteiger partial charge in [-0.15, -0.1) is 0 Å². The van der Waals surface area contributed by atoms with Gasteiger partial charge in [-0.2, -0.15) is 0 Å². The molecule has 0 radical (unpaired) electrons. The maximum atomic E-state index is 3.50. The normalized spacial score (nSPS) is 20.4. The minimum Gasteiger partial charge on any atom is -0.385 e. The summed E-state index contributed by atoms with van der Waals surface area (Å²) in [7, 11) is 0. The molecule has 3 rings (SSSR count). The minimum absolute atomic E-state index is 0.990. The van der Waals surface area contributed by atoms with E-state index in [1.807, 2.05) is 0 Å². The Labute approximate surface area is 123 Å². The zero-order chi connectivity index (χ0) is 13.8. The topological polar surface area (TPSA) is 15.3 Å². The van der Waals surface area contributed by atoms with Gasteiger partial charge in [0.25, 0.3) is 0 Å². The number of aryl methyl sites for hydroxylation is 1. The van der Waals surface area contributed by atoms with Crippen molar-refractivity contribution in [2.75, 3.05) is 25.0 Å². The molecule has 1 N–H and O–H groups in total. The summed E-state index contributed by atoms with van der Waals surface area (Å²) in [4.78, 5) is 2.64. The molecule has 0 aliphatic carbocycles. The number of nitrogens with one attached hydrogen (secondary N) is 1. The fourth-order valence-corrected chi connectivity index (χ4v) is 3.73. The van der Waals surface area contributed by atoms with Gasteiger partial charge in [-0.25, -0.2) is 0 Å². The van der Waals surface area contributed by atoms with E-state index >= 15 is 0 Å². The van der Waals surface area contributed by atoms with Gasteiger partial charge in [0, 0.05) is 18.8 Å². The molecule has 0 bridgehead atoms. The second-order valence-electron chi connectivity index (χ2n) is 6.53. The summed E-state index contributed by atoms with van der Waals surface area (Å²) in [6.07, 6.45) is 8.11. The summed E-state index contributed by atoms with van der Waals surface area (Å²) in [6, 6.07) is 7.03. The lowest BCUT2D eigenvalue weighted by Crippen LogP contribution is -2.33. The van der Waals surface area contributed by atoms with Crippen molar-refractivity contribution in [2.24, 2.45) is 5.92 Å². The van der Waals surface area contributed by atoms with Crippen LogP contribution in [0.4, 0.5) is 5.69 Å². The average molecular weight is 272 g/mol. The van der Waals surface area contributed by atoms with Crippen LogP contribution >= 0.6 is 0 Å². The third-order valence-corrected chi connectivity index (χ3v) is 4.92. The van der Waals surface area contributed by atoms with Gasteiger partial charge in [-0.05, 0) is 61.9 Å². The minimum atomic E-state index is 0.990. The quantitative estimate of drug-likeness (QED) is 0.889. The molecular weight excluding hydrogens is 244 g/mol. The fraction of sp³-hybridized carbons (Fsp3) is 0.667. The molecule has 1 aromatic rings.